The van der Waals surface area contributed by atoms with E-state index in [9.17, 15) is 9.18 Å². The van der Waals surface area contributed by atoms with Gasteiger partial charge in [0.2, 0.25) is 5.91 Å². The molecule has 0 atom stereocenters. The highest BCUT2D eigenvalue weighted by Gasteiger charge is 2.02. The summed E-state index contributed by atoms with van der Waals surface area (Å²) in [4.78, 5) is 11.8. The van der Waals surface area contributed by atoms with Crippen LogP contribution in [0.25, 0.3) is 0 Å². The minimum atomic E-state index is -0.243. The van der Waals surface area contributed by atoms with Crippen LogP contribution in [-0.4, -0.2) is 12.5 Å². The van der Waals surface area contributed by atoms with E-state index in [-0.39, 0.29) is 11.7 Å². The largest absolute Gasteiger partial charge is 0.326 e. The van der Waals surface area contributed by atoms with Gasteiger partial charge in [-0.1, -0.05) is 34.1 Å². The van der Waals surface area contributed by atoms with Crippen LogP contribution < -0.4 is 10.6 Å². The summed E-state index contributed by atoms with van der Waals surface area (Å²) in [7, 11) is 0. The predicted molar refractivity (Wildman–Crippen MR) is 85.5 cm³/mol. The highest BCUT2D eigenvalue weighted by molar-refractivity contribution is 9.10. The summed E-state index contributed by atoms with van der Waals surface area (Å²) in [5, 5.41) is 5.99. The van der Waals surface area contributed by atoms with Crippen LogP contribution in [0.5, 0.6) is 0 Å². The SMILES string of the molecule is O=C(CCNCc1ccc(F)cc1)Nc1cccc(Br)c1. The number of carbonyl (C=O) groups is 1. The third-order valence-electron chi connectivity index (χ3n) is 2.88. The molecule has 2 rings (SSSR count). The van der Waals surface area contributed by atoms with E-state index in [0.717, 1.165) is 15.7 Å². The van der Waals surface area contributed by atoms with Gasteiger partial charge in [0.15, 0.2) is 0 Å². The molecule has 0 spiro atoms. The second-order valence-corrected chi connectivity index (χ2v) is 5.53. The molecule has 0 aliphatic heterocycles. The van der Waals surface area contributed by atoms with E-state index in [1.54, 1.807) is 12.1 Å². The zero-order valence-electron chi connectivity index (χ0n) is 11.4. The van der Waals surface area contributed by atoms with Crippen molar-refractivity contribution in [2.45, 2.75) is 13.0 Å². The first kappa shape index (κ1) is 15.7. The van der Waals surface area contributed by atoms with Crippen molar-refractivity contribution in [2.24, 2.45) is 0 Å². The Hall–Kier alpha value is -1.72. The molecule has 0 unspecified atom stereocenters. The van der Waals surface area contributed by atoms with E-state index in [4.69, 9.17) is 0 Å². The molecule has 0 bridgehead atoms. The molecule has 0 saturated carbocycles. The second-order valence-electron chi connectivity index (χ2n) is 4.61. The molecule has 3 nitrogen and oxygen atoms in total. The fourth-order valence-electron chi connectivity index (χ4n) is 1.83. The van der Waals surface area contributed by atoms with Crippen LogP contribution in [0.2, 0.25) is 0 Å². The van der Waals surface area contributed by atoms with E-state index in [0.29, 0.717) is 19.5 Å². The van der Waals surface area contributed by atoms with E-state index < -0.39 is 0 Å². The summed E-state index contributed by atoms with van der Waals surface area (Å²) >= 11 is 3.36. The fourth-order valence-corrected chi connectivity index (χ4v) is 2.23. The maximum atomic E-state index is 12.7. The molecule has 0 fully saturated rings. The van der Waals surface area contributed by atoms with Crippen molar-refractivity contribution in [1.82, 2.24) is 5.32 Å². The number of halogens is 2. The molecule has 0 aromatic heterocycles. The molecule has 110 valence electrons. The molecular weight excluding hydrogens is 335 g/mol. The van der Waals surface area contributed by atoms with Crippen LogP contribution in [0.1, 0.15) is 12.0 Å². The van der Waals surface area contributed by atoms with Crippen LogP contribution in [0, 0.1) is 5.82 Å². The lowest BCUT2D eigenvalue weighted by molar-refractivity contribution is -0.116. The van der Waals surface area contributed by atoms with E-state index in [1.807, 2.05) is 24.3 Å². The van der Waals surface area contributed by atoms with Crippen molar-refractivity contribution >= 4 is 27.5 Å². The monoisotopic (exact) mass is 350 g/mol. The summed E-state index contributed by atoms with van der Waals surface area (Å²) in [5.74, 6) is -0.285. The van der Waals surface area contributed by atoms with Crippen molar-refractivity contribution in [2.75, 3.05) is 11.9 Å². The Morgan fingerprint density at radius 3 is 2.62 bits per heavy atom. The van der Waals surface area contributed by atoms with Gasteiger partial charge in [-0.05, 0) is 35.9 Å². The van der Waals surface area contributed by atoms with Gasteiger partial charge in [0.1, 0.15) is 5.82 Å². The highest BCUT2D eigenvalue weighted by Crippen LogP contribution is 2.15. The lowest BCUT2D eigenvalue weighted by atomic mass is 10.2. The molecule has 1 amide bonds. The molecule has 2 aromatic carbocycles. The topological polar surface area (TPSA) is 41.1 Å². The number of amides is 1. The van der Waals surface area contributed by atoms with Gasteiger partial charge < -0.3 is 10.6 Å². The van der Waals surface area contributed by atoms with Crippen LogP contribution in [0.3, 0.4) is 0 Å². The molecule has 0 heterocycles. The van der Waals surface area contributed by atoms with Crippen molar-refractivity contribution in [1.29, 1.82) is 0 Å². The molecule has 5 heteroatoms. The van der Waals surface area contributed by atoms with Crippen LogP contribution in [0.4, 0.5) is 10.1 Å². The quantitative estimate of drug-likeness (QED) is 0.779. The van der Waals surface area contributed by atoms with Crippen LogP contribution in [-0.2, 0) is 11.3 Å². The maximum absolute atomic E-state index is 12.7. The fraction of sp³-hybridized carbons (Fsp3) is 0.188. The molecule has 2 N–H and O–H groups in total. The van der Waals surface area contributed by atoms with Crippen molar-refractivity contribution < 1.29 is 9.18 Å². The molecule has 21 heavy (non-hydrogen) atoms. The Balaban J connectivity index is 1.68. The minimum absolute atomic E-state index is 0.0419. The van der Waals surface area contributed by atoms with Crippen LogP contribution >= 0.6 is 15.9 Å². The van der Waals surface area contributed by atoms with Gasteiger partial charge in [-0.15, -0.1) is 0 Å². The van der Waals surface area contributed by atoms with Gasteiger partial charge >= 0.3 is 0 Å². The molecule has 2 aromatic rings. The van der Waals surface area contributed by atoms with Gasteiger partial charge in [0, 0.05) is 29.7 Å². The maximum Gasteiger partial charge on any atom is 0.225 e. The zero-order valence-corrected chi connectivity index (χ0v) is 13.0. The van der Waals surface area contributed by atoms with Crippen molar-refractivity contribution in [3.05, 3.63) is 64.4 Å². The lowest BCUT2D eigenvalue weighted by Gasteiger charge is -2.07. The van der Waals surface area contributed by atoms with Crippen molar-refractivity contribution in [3.63, 3.8) is 0 Å². The summed E-state index contributed by atoms with van der Waals surface area (Å²) in [6.07, 6.45) is 0.383. The van der Waals surface area contributed by atoms with E-state index >= 15 is 0 Å². The number of benzene rings is 2. The summed E-state index contributed by atoms with van der Waals surface area (Å²) in [6, 6.07) is 13.8. The third kappa shape index (κ3) is 5.65. The number of carbonyl (C=O) groups excluding carboxylic acids is 1. The van der Waals surface area contributed by atoms with Gasteiger partial charge in [-0.25, -0.2) is 4.39 Å². The Kier molecular flexibility index (Phi) is 5.90. The first-order valence-electron chi connectivity index (χ1n) is 6.64. The molecular formula is C16H16BrFN2O. The Morgan fingerprint density at radius 1 is 1.14 bits per heavy atom. The first-order chi connectivity index (χ1) is 10.1. The molecule has 0 saturated heterocycles. The minimum Gasteiger partial charge on any atom is -0.326 e. The lowest BCUT2D eigenvalue weighted by Crippen LogP contribution is -2.21. The van der Waals surface area contributed by atoms with Crippen molar-refractivity contribution in [3.8, 4) is 0 Å². The standard InChI is InChI=1S/C16H16BrFN2O/c17-13-2-1-3-15(10-13)20-16(21)8-9-19-11-12-4-6-14(18)7-5-12/h1-7,10,19H,8-9,11H2,(H,20,21). The van der Waals surface area contributed by atoms with Gasteiger partial charge in [0.25, 0.3) is 0 Å². The number of nitrogens with one attached hydrogen (secondary N) is 2. The normalized spacial score (nSPS) is 10.4. The Labute approximate surface area is 131 Å². The van der Waals surface area contributed by atoms with Crippen LogP contribution in [0.15, 0.2) is 53.0 Å². The summed E-state index contributed by atoms with van der Waals surface area (Å²) in [5.41, 5.74) is 1.76. The third-order valence-corrected chi connectivity index (χ3v) is 3.37. The highest BCUT2D eigenvalue weighted by atomic mass is 79.9. The zero-order chi connectivity index (χ0) is 15.1. The Bertz CT molecular complexity index is 601. The molecule has 0 radical (unpaired) electrons. The number of anilines is 1. The number of hydrogen-bond donors (Lipinski definition) is 2. The second kappa shape index (κ2) is 7.90. The number of rotatable bonds is 6. The average Bonchev–Trinajstić information content (AvgIpc) is 2.45. The van der Waals surface area contributed by atoms with Gasteiger partial charge in [-0.2, -0.15) is 0 Å². The average molecular weight is 351 g/mol. The predicted octanol–water partition coefficient (Wildman–Crippen LogP) is 3.71. The molecule has 0 aliphatic rings. The molecule has 0 aliphatic carbocycles. The summed E-state index contributed by atoms with van der Waals surface area (Å²) < 4.78 is 13.7. The first-order valence-corrected chi connectivity index (χ1v) is 7.43. The van der Waals surface area contributed by atoms with Gasteiger partial charge in [0.05, 0.1) is 0 Å². The van der Waals surface area contributed by atoms with Gasteiger partial charge in [-0.3, -0.25) is 4.79 Å². The van der Waals surface area contributed by atoms with E-state index in [1.165, 1.54) is 12.1 Å². The Morgan fingerprint density at radius 2 is 1.90 bits per heavy atom. The van der Waals surface area contributed by atoms with E-state index in [2.05, 4.69) is 26.6 Å². The smallest absolute Gasteiger partial charge is 0.225 e. The number of hydrogen-bond acceptors (Lipinski definition) is 2. The summed E-state index contributed by atoms with van der Waals surface area (Å²) in [6.45, 7) is 1.18.